The summed E-state index contributed by atoms with van der Waals surface area (Å²) in [6.45, 7) is 4.11. The van der Waals surface area contributed by atoms with E-state index in [1.54, 1.807) is 11.3 Å². The molecular weight excluding hydrogens is 286 g/mol. The van der Waals surface area contributed by atoms with Gasteiger partial charge in [-0.3, -0.25) is 4.98 Å². The van der Waals surface area contributed by atoms with Crippen LogP contribution in [-0.4, -0.2) is 9.97 Å². The van der Waals surface area contributed by atoms with Crippen LogP contribution in [0.2, 0.25) is 0 Å². The number of pyridine rings is 1. The minimum Gasteiger partial charge on any atom is -0.376 e. The molecule has 0 aliphatic carbocycles. The van der Waals surface area contributed by atoms with Gasteiger partial charge in [0.05, 0.1) is 22.9 Å². The molecule has 0 aliphatic heterocycles. The molecule has 16 heavy (non-hydrogen) atoms. The van der Waals surface area contributed by atoms with E-state index in [2.05, 4.69) is 38.1 Å². The van der Waals surface area contributed by atoms with Crippen LogP contribution in [0.5, 0.6) is 0 Å². The number of aryl methyl sites for hydroxylation is 1. The number of aromatic nitrogens is 2. The van der Waals surface area contributed by atoms with E-state index in [1.807, 2.05) is 30.8 Å². The lowest BCUT2D eigenvalue weighted by Crippen LogP contribution is -2.06. The first kappa shape index (κ1) is 11.5. The van der Waals surface area contributed by atoms with Crippen molar-refractivity contribution in [3.05, 3.63) is 39.0 Å². The van der Waals surface area contributed by atoms with Gasteiger partial charge in [0, 0.05) is 11.1 Å². The van der Waals surface area contributed by atoms with E-state index in [0.717, 1.165) is 16.0 Å². The van der Waals surface area contributed by atoms with Gasteiger partial charge in [-0.1, -0.05) is 0 Å². The van der Waals surface area contributed by atoms with Crippen molar-refractivity contribution < 1.29 is 0 Å². The van der Waals surface area contributed by atoms with Crippen molar-refractivity contribution in [1.82, 2.24) is 9.97 Å². The Kier molecular flexibility index (Phi) is 3.56. The van der Waals surface area contributed by atoms with E-state index in [9.17, 15) is 0 Å². The van der Waals surface area contributed by atoms with Gasteiger partial charge in [0.15, 0.2) is 0 Å². The molecule has 2 aromatic rings. The second kappa shape index (κ2) is 4.93. The number of nitrogens with one attached hydrogen (secondary N) is 1. The number of halogens is 1. The van der Waals surface area contributed by atoms with Crippen molar-refractivity contribution in [3.8, 4) is 0 Å². The summed E-state index contributed by atoms with van der Waals surface area (Å²) in [5, 5.41) is 3.43. The molecule has 0 aliphatic rings. The summed E-state index contributed by atoms with van der Waals surface area (Å²) >= 11 is 5.01. The largest absolute Gasteiger partial charge is 0.376 e. The van der Waals surface area contributed by atoms with Crippen molar-refractivity contribution in [1.29, 1.82) is 0 Å². The Morgan fingerprint density at radius 2 is 2.25 bits per heavy atom. The fourth-order valence-corrected chi connectivity index (χ4v) is 2.45. The number of hydrogen-bond acceptors (Lipinski definition) is 4. The van der Waals surface area contributed by atoms with Crippen LogP contribution in [0.1, 0.15) is 23.5 Å². The Bertz CT molecular complexity index is 470. The third kappa shape index (κ3) is 2.59. The zero-order valence-corrected chi connectivity index (χ0v) is 11.5. The zero-order valence-electron chi connectivity index (χ0n) is 9.07. The molecule has 0 saturated heterocycles. The van der Waals surface area contributed by atoms with Crippen LogP contribution in [0.15, 0.2) is 28.4 Å². The van der Waals surface area contributed by atoms with E-state index < -0.39 is 0 Å². The summed E-state index contributed by atoms with van der Waals surface area (Å²) in [5.41, 5.74) is 3.90. The molecular formula is C11H12BrN3S. The van der Waals surface area contributed by atoms with E-state index in [0.29, 0.717) is 0 Å². The molecule has 0 amide bonds. The number of thiazole rings is 1. The van der Waals surface area contributed by atoms with Gasteiger partial charge in [0.1, 0.15) is 4.60 Å². The lowest BCUT2D eigenvalue weighted by atomic mass is 10.2. The summed E-state index contributed by atoms with van der Waals surface area (Å²) in [7, 11) is 0. The Hall–Kier alpha value is -0.940. The highest BCUT2D eigenvalue weighted by Gasteiger charge is 2.08. The summed E-state index contributed by atoms with van der Waals surface area (Å²) in [4.78, 5) is 9.65. The highest BCUT2D eigenvalue weighted by molar-refractivity contribution is 9.10. The second-order valence-corrected chi connectivity index (χ2v) is 5.27. The van der Waals surface area contributed by atoms with E-state index in [1.165, 1.54) is 4.88 Å². The van der Waals surface area contributed by atoms with Gasteiger partial charge in [-0.15, -0.1) is 11.3 Å². The number of rotatable bonds is 3. The molecule has 1 unspecified atom stereocenters. The molecule has 0 bridgehead atoms. The molecule has 0 fully saturated rings. The lowest BCUT2D eigenvalue weighted by molar-refractivity contribution is 0.896. The summed E-state index contributed by atoms with van der Waals surface area (Å²) in [6.07, 6.45) is 1.89. The molecule has 0 aromatic carbocycles. The molecule has 2 rings (SSSR count). The molecule has 84 valence electrons. The summed E-state index contributed by atoms with van der Waals surface area (Å²) in [6, 6.07) is 4.23. The molecule has 2 aromatic heterocycles. The van der Waals surface area contributed by atoms with Gasteiger partial charge < -0.3 is 5.32 Å². The van der Waals surface area contributed by atoms with Crippen LogP contribution in [0.25, 0.3) is 0 Å². The third-order valence-electron chi connectivity index (χ3n) is 2.30. The second-order valence-electron chi connectivity index (χ2n) is 3.54. The first-order chi connectivity index (χ1) is 7.66. The van der Waals surface area contributed by atoms with Gasteiger partial charge in [-0.2, -0.15) is 0 Å². The number of anilines is 1. The summed E-state index contributed by atoms with van der Waals surface area (Å²) in [5.74, 6) is 0. The predicted octanol–water partition coefficient (Wildman–Crippen LogP) is 3.78. The Morgan fingerprint density at radius 1 is 1.44 bits per heavy atom. The van der Waals surface area contributed by atoms with Crippen LogP contribution >= 0.6 is 27.3 Å². The molecule has 1 atom stereocenters. The van der Waals surface area contributed by atoms with Crippen molar-refractivity contribution in [2.24, 2.45) is 0 Å². The maximum Gasteiger partial charge on any atom is 0.106 e. The summed E-state index contributed by atoms with van der Waals surface area (Å²) < 4.78 is 0.862. The Morgan fingerprint density at radius 3 is 2.88 bits per heavy atom. The van der Waals surface area contributed by atoms with Gasteiger partial charge in [-0.25, -0.2) is 4.98 Å². The minimum atomic E-state index is 0.258. The highest BCUT2D eigenvalue weighted by atomic mass is 79.9. The van der Waals surface area contributed by atoms with E-state index in [-0.39, 0.29) is 6.04 Å². The van der Waals surface area contributed by atoms with Gasteiger partial charge in [0.25, 0.3) is 0 Å². The van der Waals surface area contributed by atoms with Gasteiger partial charge in [0.2, 0.25) is 0 Å². The van der Waals surface area contributed by atoms with Crippen LogP contribution in [0.3, 0.4) is 0 Å². The Balaban J connectivity index is 2.15. The highest BCUT2D eigenvalue weighted by Crippen LogP contribution is 2.24. The fraction of sp³-hybridized carbons (Fsp3) is 0.273. The fourth-order valence-electron chi connectivity index (χ4n) is 1.43. The van der Waals surface area contributed by atoms with Crippen molar-refractivity contribution in [2.75, 3.05) is 5.32 Å². The van der Waals surface area contributed by atoms with Gasteiger partial charge >= 0.3 is 0 Å². The van der Waals surface area contributed by atoms with Crippen molar-refractivity contribution in [2.45, 2.75) is 19.9 Å². The molecule has 1 N–H and O–H groups in total. The first-order valence-corrected chi connectivity index (χ1v) is 6.62. The molecule has 2 heterocycles. The molecule has 5 heteroatoms. The quantitative estimate of drug-likeness (QED) is 0.876. The maximum atomic E-state index is 4.35. The molecule has 0 spiro atoms. The predicted molar refractivity (Wildman–Crippen MR) is 70.8 cm³/mol. The average molecular weight is 298 g/mol. The van der Waals surface area contributed by atoms with E-state index in [4.69, 9.17) is 0 Å². The van der Waals surface area contributed by atoms with Crippen LogP contribution in [0.4, 0.5) is 5.69 Å². The van der Waals surface area contributed by atoms with Gasteiger partial charge in [-0.05, 0) is 41.9 Å². The standard InChI is InChI=1S/C11H12BrN3S/c1-7-9(3-4-11(12)15-7)14-8(2)10-5-13-6-16-10/h3-6,8,14H,1-2H3. The maximum absolute atomic E-state index is 4.35. The van der Waals surface area contributed by atoms with Crippen LogP contribution < -0.4 is 5.32 Å². The molecule has 3 nitrogen and oxygen atoms in total. The normalized spacial score (nSPS) is 12.4. The monoisotopic (exact) mass is 297 g/mol. The van der Waals surface area contributed by atoms with Crippen LogP contribution in [0, 0.1) is 6.92 Å². The van der Waals surface area contributed by atoms with Crippen LogP contribution in [-0.2, 0) is 0 Å². The van der Waals surface area contributed by atoms with Crippen molar-refractivity contribution in [3.63, 3.8) is 0 Å². The zero-order chi connectivity index (χ0) is 11.5. The average Bonchev–Trinajstić information content (AvgIpc) is 2.75. The Labute approximate surface area is 107 Å². The smallest absolute Gasteiger partial charge is 0.106 e. The molecule has 0 saturated carbocycles. The first-order valence-electron chi connectivity index (χ1n) is 4.95. The van der Waals surface area contributed by atoms with Crippen molar-refractivity contribution >= 4 is 33.0 Å². The lowest BCUT2D eigenvalue weighted by Gasteiger charge is -2.14. The SMILES string of the molecule is Cc1nc(Br)ccc1NC(C)c1cncs1. The topological polar surface area (TPSA) is 37.8 Å². The molecule has 0 radical (unpaired) electrons. The van der Waals surface area contributed by atoms with E-state index >= 15 is 0 Å². The minimum absolute atomic E-state index is 0.258. The number of hydrogen-bond donors (Lipinski definition) is 1. The number of nitrogens with zero attached hydrogens (tertiary/aromatic N) is 2. The third-order valence-corrected chi connectivity index (χ3v) is 3.70.